The van der Waals surface area contributed by atoms with Gasteiger partial charge in [0.25, 0.3) is 0 Å². The average molecular weight is 230 g/mol. The number of nitrogens with one attached hydrogen (secondary N) is 1. The topological polar surface area (TPSA) is 24.9 Å². The molecule has 0 spiro atoms. The summed E-state index contributed by atoms with van der Waals surface area (Å²) in [6.07, 6.45) is 1.78. The van der Waals surface area contributed by atoms with Crippen LogP contribution in [0.1, 0.15) is 16.8 Å². The molecule has 3 heteroatoms. The van der Waals surface area contributed by atoms with Crippen LogP contribution in [0.5, 0.6) is 0 Å². The van der Waals surface area contributed by atoms with Gasteiger partial charge in [-0.05, 0) is 42.3 Å². The standard InChI is InChI=1S/C14H15FN2/c1-11-8-13(15)6-5-12(11)9-16-10-14-4-2-3-7-17-14/h2-8,16H,9-10H2,1H3. The summed E-state index contributed by atoms with van der Waals surface area (Å²) < 4.78 is 12.9. The molecule has 2 nitrogen and oxygen atoms in total. The van der Waals surface area contributed by atoms with Crippen molar-refractivity contribution in [3.8, 4) is 0 Å². The fourth-order valence-electron chi connectivity index (χ4n) is 1.69. The molecule has 0 saturated heterocycles. The second-order valence-electron chi connectivity index (χ2n) is 4.00. The lowest BCUT2D eigenvalue weighted by Gasteiger charge is -2.07. The Hall–Kier alpha value is -1.74. The number of hydrogen-bond acceptors (Lipinski definition) is 2. The van der Waals surface area contributed by atoms with Gasteiger partial charge in [-0.15, -0.1) is 0 Å². The Morgan fingerprint density at radius 2 is 2.06 bits per heavy atom. The summed E-state index contributed by atoms with van der Waals surface area (Å²) in [7, 11) is 0. The lowest BCUT2D eigenvalue weighted by molar-refractivity contribution is 0.622. The third kappa shape index (κ3) is 3.36. The quantitative estimate of drug-likeness (QED) is 0.873. The molecule has 0 fully saturated rings. The predicted molar refractivity (Wildman–Crippen MR) is 65.9 cm³/mol. The summed E-state index contributed by atoms with van der Waals surface area (Å²) in [5.74, 6) is -0.184. The molecule has 1 aromatic heterocycles. The van der Waals surface area contributed by atoms with E-state index in [1.54, 1.807) is 12.3 Å². The zero-order valence-corrected chi connectivity index (χ0v) is 9.78. The molecule has 88 valence electrons. The van der Waals surface area contributed by atoms with E-state index in [2.05, 4.69) is 10.3 Å². The molecule has 2 rings (SSSR count). The molecular formula is C14H15FN2. The summed E-state index contributed by atoms with van der Waals surface area (Å²) in [4.78, 5) is 4.22. The van der Waals surface area contributed by atoms with Crippen molar-refractivity contribution in [2.24, 2.45) is 0 Å². The van der Waals surface area contributed by atoms with Crippen LogP contribution in [0.15, 0.2) is 42.6 Å². The van der Waals surface area contributed by atoms with E-state index >= 15 is 0 Å². The number of halogens is 1. The molecular weight excluding hydrogens is 215 g/mol. The van der Waals surface area contributed by atoms with Crippen molar-refractivity contribution in [3.05, 3.63) is 65.2 Å². The van der Waals surface area contributed by atoms with Crippen LogP contribution in [-0.2, 0) is 13.1 Å². The normalized spacial score (nSPS) is 10.5. The van der Waals surface area contributed by atoms with Crippen LogP contribution in [0.25, 0.3) is 0 Å². The predicted octanol–water partition coefficient (Wildman–Crippen LogP) is 2.82. The van der Waals surface area contributed by atoms with Crippen molar-refractivity contribution in [2.75, 3.05) is 0 Å². The smallest absolute Gasteiger partial charge is 0.123 e. The van der Waals surface area contributed by atoms with Crippen molar-refractivity contribution in [1.82, 2.24) is 10.3 Å². The first kappa shape index (κ1) is 11.7. The Labute approximate surface area is 101 Å². The van der Waals surface area contributed by atoms with Crippen molar-refractivity contribution < 1.29 is 4.39 Å². The Balaban J connectivity index is 1.90. The Kier molecular flexibility index (Phi) is 3.83. The van der Waals surface area contributed by atoms with Gasteiger partial charge in [-0.25, -0.2) is 4.39 Å². The zero-order valence-electron chi connectivity index (χ0n) is 9.78. The van der Waals surface area contributed by atoms with Gasteiger partial charge in [-0.1, -0.05) is 12.1 Å². The molecule has 0 radical (unpaired) electrons. The van der Waals surface area contributed by atoms with E-state index in [-0.39, 0.29) is 5.82 Å². The molecule has 0 unspecified atom stereocenters. The van der Waals surface area contributed by atoms with Crippen LogP contribution < -0.4 is 5.32 Å². The summed E-state index contributed by atoms with van der Waals surface area (Å²) in [5.41, 5.74) is 3.09. The summed E-state index contributed by atoms with van der Waals surface area (Å²) >= 11 is 0. The second kappa shape index (κ2) is 5.55. The number of benzene rings is 1. The molecule has 0 bridgehead atoms. The highest BCUT2D eigenvalue weighted by atomic mass is 19.1. The summed E-state index contributed by atoms with van der Waals surface area (Å²) in [6.45, 7) is 3.36. The third-order valence-electron chi connectivity index (χ3n) is 2.65. The van der Waals surface area contributed by atoms with Gasteiger partial charge in [-0.2, -0.15) is 0 Å². The molecule has 0 saturated carbocycles. The number of pyridine rings is 1. The van der Waals surface area contributed by atoms with E-state index in [1.807, 2.05) is 31.2 Å². The Bertz CT molecular complexity index is 483. The molecule has 17 heavy (non-hydrogen) atoms. The van der Waals surface area contributed by atoms with Gasteiger partial charge in [0.05, 0.1) is 5.69 Å². The van der Waals surface area contributed by atoms with Gasteiger partial charge in [0.15, 0.2) is 0 Å². The van der Waals surface area contributed by atoms with E-state index < -0.39 is 0 Å². The molecule has 1 aromatic carbocycles. The lowest BCUT2D eigenvalue weighted by Crippen LogP contribution is -2.14. The van der Waals surface area contributed by atoms with E-state index in [1.165, 1.54) is 6.07 Å². The van der Waals surface area contributed by atoms with E-state index in [0.717, 1.165) is 29.9 Å². The van der Waals surface area contributed by atoms with E-state index in [4.69, 9.17) is 0 Å². The van der Waals surface area contributed by atoms with Crippen molar-refractivity contribution in [1.29, 1.82) is 0 Å². The second-order valence-corrected chi connectivity index (χ2v) is 4.00. The first-order chi connectivity index (χ1) is 8.25. The van der Waals surface area contributed by atoms with Gasteiger partial charge in [0.2, 0.25) is 0 Å². The molecule has 0 atom stereocenters. The number of aryl methyl sites for hydroxylation is 1. The number of hydrogen-bond donors (Lipinski definition) is 1. The fourth-order valence-corrected chi connectivity index (χ4v) is 1.69. The van der Waals surface area contributed by atoms with Gasteiger partial charge < -0.3 is 5.32 Å². The van der Waals surface area contributed by atoms with Crippen molar-refractivity contribution in [3.63, 3.8) is 0 Å². The third-order valence-corrected chi connectivity index (χ3v) is 2.65. The van der Waals surface area contributed by atoms with Crippen LogP contribution in [0, 0.1) is 12.7 Å². The number of rotatable bonds is 4. The minimum Gasteiger partial charge on any atom is -0.307 e. The van der Waals surface area contributed by atoms with Crippen LogP contribution in [0.3, 0.4) is 0 Å². The zero-order chi connectivity index (χ0) is 12.1. The maximum atomic E-state index is 12.9. The minimum absolute atomic E-state index is 0.184. The largest absolute Gasteiger partial charge is 0.307 e. The van der Waals surface area contributed by atoms with Crippen LogP contribution >= 0.6 is 0 Å². The summed E-state index contributed by atoms with van der Waals surface area (Å²) in [5, 5.41) is 3.29. The van der Waals surface area contributed by atoms with E-state index in [0.29, 0.717) is 0 Å². The molecule has 0 amide bonds. The number of aromatic nitrogens is 1. The fraction of sp³-hybridized carbons (Fsp3) is 0.214. The molecule has 0 aliphatic carbocycles. The van der Waals surface area contributed by atoms with Crippen molar-refractivity contribution in [2.45, 2.75) is 20.0 Å². The molecule has 0 aliphatic heterocycles. The first-order valence-electron chi connectivity index (χ1n) is 5.61. The maximum Gasteiger partial charge on any atom is 0.123 e. The Morgan fingerprint density at radius 1 is 1.18 bits per heavy atom. The highest BCUT2D eigenvalue weighted by Crippen LogP contribution is 2.09. The number of nitrogens with zero attached hydrogens (tertiary/aromatic N) is 1. The molecule has 0 aliphatic rings. The van der Waals surface area contributed by atoms with Gasteiger partial charge in [0.1, 0.15) is 5.82 Å². The van der Waals surface area contributed by atoms with Crippen LogP contribution in [0.4, 0.5) is 4.39 Å². The SMILES string of the molecule is Cc1cc(F)ccc1CNCc1ccccn1. The van der Waals surface area contributed by atoms with Gasteiger partial charge in [0, 0.05) is 19.3 Å². The lowest BCUT2D eigenvalue weighted by atomic mass is 10.1. The molecule has 2 aromatic rings. The van der Waals surface area contributed by atoms with Crippen LogP contribution in [-0.4, -0.2) is 4.98 Å². The molecule has 1 N–H and O–H groups in total. The average Bonchev–Trinajstić information content (AvgIpc) is 2.33. The first-order valence-corrected chi connectivity index (χ1v) is 5.61. The molecule has 1 heterocycles. The van der Waals surface area contributed by atoms with Crippen LogP contribution in [0.2, 0.25) is 0 Å². The summed E-state index contributed by atoms with van der Waals surface area (Å²) in [6, 6.07) is 10.7. The monoisotopic (exact) mass is 230 g/mol. The van der Waals surface area contributed by atoms with Gasteiger partial charge in [-0.3, -0.25) is 4.98 Å². The highest BCUT2D eigenvalue weighted by molar-refractivity contribution is 5.26. The highest BCUT2D eigenvalue weighted by Gasteiger charge is 2.00. The van der Waals surface area contributed by atoms with Crippen molar-refractivity contribution >= 4 is 0 Å². The minimum atomic E-state index is -0.184. The van der Waals surface area contributed by atoms with Gasteiger partial charge >= 0.3 is 0 Å². The maximum absolute atomic E-state index is 12.9. The Morgan fingerprint density at radius 3 is 2.76 bits per heavy atom. The van der Waals surface area contributed by atoms with E-state index in [9.17, 15) is 4.39 Å².